The van der Waals surface area contributed by atoms with Crippen molar-refractivity contribution in [3.05, 3.63) is 41.3 Å². The van der Waals surface area contributed by atoms with Crippen molar-refractivity contribution in [2.75, 3.05) is 33.7 Å². The first-order valence-corrected chi connectivity index (χ1v) is 10.2. The molecule has 158 valence electrons. The molecule has 0 amide bonds. The average molecular weight is 409 g/mol. The Hall–Kier alpha value is -2.84. The number of likely N-dealkylation sites (tertiary alicyclic amines) is 1. The molecule has 0 saturated carbocycles. The number of piperidine rings is 1. The summed E-state index contributed by atoms with van der Waals surface area (Å²) in [4.78, 5) is 31.6. The van der Waals surface area contributed by atoms with Crippen LogP contribution >= 0.6 is 0 Å². The number of likely N-dealkylation sites (N-methyl/N-ethyl adjacent to an activating group) is 1. The molecule has 1 aromatic heterocycles. The van der Waals surface area contributed by atoms with Crippen molar-refractivity contribution < 1.29 is 14.7 Å². The number of aryl methyl sites for hydroxylation is 1. The Labute approximate surface area is 175 Å². The van der Waals surface area contributed by atoms with Crippen LogP contribution in [0, 0.1) is 0 Å². The molecule has 2 heterocycles. The van der Waals surface area contributed by atoms with Crippen molar-refractivity contribution in [3.8, 4) is 11.3 Å². The zero-order valence-corrected chi connectivity index (χ0v) is 17.4. The van der Waals surface area contributed by atoms with Gasteiger partial charge in [-0.25, -0.2) is 9.66 Å². The molecule has 2 aliphatic rings. The summed E-state index contributed by atoms with van der Waals surface area (Å²) >= 11 is 0. The van der Waals surface area contributed by atoms with E-state index < -0.39 is 5.60 Å². The summed E-state index contributed by atoms with van der Waals surface area (Å²) in [6.07, 6.45) is 6.60. The molecule has 1 saturated heterocycles. The minimum Gasteiger partial charge on any atom is -0.388 e. The second-order valence-corrected chi connectivity index (χ2v) is 8.40. The summed E-state index contributed by atoms with van der Waals surface area (Å²) in [7, 11) is 3.92. The molecule has 1 aliphatic heterocycles. The fraction of sp³-hybridized carbons (Fsp3) is 0.455. The van der Waals surface area contributed by atoms with Gasteiger partial charge in [0, 0.05) is 44.2 Å². The van der Waals surface area contributed by atoms with Crippen molar-refractivity contribution in [1.82, 2.24) is 19.5 Å². The number of carbonyl (C=O) groups excluding carboxylic acids is 2. The van der Waals surface area contributed by atoms with E-state index in [9.17, 15) is 14.7 Å². The number of nitrogens with zero attached hydrogens (tertiary/aromatic N) is 5. The lowest BCUT2D eigenvalue weighted by Crippen LogP contribution is -2.49. The fourth-order valence-electron chi connectivity index (χ4n) is 4.21. The standard InChI is InChI=1S/C22H27N5O3/c1-25-9-7-22(30,8-10-25)14-26(2)15-24-27-19(12-23-21(27)13-28)17-3-5-18-16(11-17)4-6-20(18)29/h3,5,11-13,15,30H,4,6-10,14H2,1-2H3/b24-15-. The number of rotatable bonds is 6. The van der Waals surface area contributed by atoms with Crippen LogP contribution in [0.3, 0.4) is 0 Å². The number of hydrogen-bond donors (Lipinski definition) is 1. The van der Waals surface area contributed by atoms with E-state index in [-0.39, 0.29) is 11.6 Å². The van der Waals surface area contributed by atoms with E-state index in [1.165, 1.54) is 4.68 Å². The molecule has 4 rings (SSSR count). The van der Waals surface area contributed by atoms with Crippen LogP contribution < -0.4 is 0 Å². The molecular weight excluding hydrogens is 382 g/mol. The lowest BCUT2D eigenvalue weighted by Gasteiger charge is -2.38. The second-order valence-electron chi connectivity index (χ2n) is 8.40. The number of Topliss-reactive ketones (excluding diaryl/α,β-unsaturated/α-hetero) is 1. The van der Waals surface area contributed by atoms with E-state index in [1.54, 1.807) is 12.5 Å². The Balaban J connectivity index is 1.55. The Bertz CT molecular complexity index is 989. The van der Waals surface area contributed by atoms with Crippen molar-refractivity contribution in [2.24, 2.45) is 5.10 Å². The molecule has 1 N–H and O–H groups in total. The number of aliphatic hydroxyl groups is 1. The smallest absolute Gasteiger partial charge is 0.194 e. The van der Waals surface area contributed by atoms with Gasteiger partial charge in [-0.05, 0) is 37.9 Å². The quantitative estimate of drug-likeness (QED) is 0.443. The van der Waals surface area contributed by atoms with Crippen molar-refractivity contribution in [2.45, 2.75) is 31.3 Å². The van der Waals surface area contributed by atoms with Crippen LogP contribution in [-0.4, -0.2) is 82.3 Å². The van der Waals surface area contributed by atoms with Gasteiger partial charge in [0.05, 0.1) is 17.5 Å². The summed E-state index contributed by atoms with van der Waals surface area (Å²) < 4.78 is 1.50. The SMILES string of the molecule is CN(/C=N\n1c(-c2ccc3c(c2)CCC3=O)cnc1C=O)CC1(O)CCN(C)CC1. The molecule has 1 fully saturated rings. The van der Waals surface area contributed by atoms with E-state index in [2.05, 4.69) is 22.0 Å². The predicted octanol–water partition coefficient (Wildman–Crippen LogP) is 1.67. The first-order valence-electron chi connectivity index (χ1n) is 10.2. The molecule has 1 aliphatic carbocycles. The van der Waals surface area contributed by atoms with Crippen LogP contribution in [0.4, 0.5) is 0 Å². The van der Waals surface area contributed by atoms with E-state index >= 15 is 0 Å². The minimum atomic E-state index is -0.745. The number of carbonyl (C=O) groups is 2. The van der Waals surface area contributed by atoms with Crippen molar-refractivity contribution in [3.63, 3.8) is 0 Å². The topological polar surface area (TPSA) is 91.0 Å². The molecule has 1 aromatic carbocycles. The summed E-state index contributed by atoms with van der Waals surface area (Å²) in [5.41, 5.74) is 2.59. The number of aromatic nitrogens is 2. The van der Waals surface area contributed by atoms with Crippen molar-refractivity contribution >= 4 is 18.4 Å². The molecule has 0 bridgehead atoms. The Morgan fingerprint density at radius 1 is 1.30 bits per heavy atom. The average Bonchev–Trinajstić information content (AvgIpc) is 3.31. The van der Waals surface area contributed by atoms with Gasteiger partial charge >= 0.3 is 0 Å². The van der Waals surface area contributed by atoms with E-state index in [0.29, 0.717) is 37.8 Å². The first kappa shape index (κ1) is 20.4. The Morgan fingerprint density at radius 3 is 2.80 bits per heavy atom. The molecule has 0 spiro atoms. The minimum absolute atomic E-state index is 0.171. The molecule has 8 nitrogen and oxygen atoms in total. The number of fused-ring (bicyclic) bond motifs is 1. The van der Waals surface area contributed by atoms with Crippen LogP contribution in [0.5, 0.6) is 0 Å². The van der Waals surface area contributed by atoms with Gasteiger partial charge in [0.25, 0.3) is 0 Å². The summed E-state index contributed by atoms with van der Waals surface area (Å²) in [6, 6.07) is 5.68. The van der Waals surface area contributed by atoms with Crippen LogP contribution in [0.2, 0.25) is 0 Å². The van der Waals surface area contributed by atoms with E-state index in [0.717, 1.165) is 36.2 Å². The van der Waals surface area contributed by atoms with Gasteiger partial charge in [-0.1, -0.05) is 12.1 Å². The molecule has 8 heteroatoms. The summed E-state index contributed by atoms with van der Waals surface area (Å²) in [6.45, 7) is 2.19. The highest BCUT2D eigenvalue weighted by atomic mass is 16.3. The largest absolute Gasteiger partial charge is 0.388 e. The molecule has 0 radical (unpaired) electrons. The number of ketones is 1. The third kappa shape index (κ3) is 4.06. The number of hydrogen-bond acceptors (Lipinski definition) is 6. The van der Waals surface area contributed by atoms with Crippen LogP contribution in [0.1, 0.15) is 45.8 Å². The maximum Gasteiger partial charge on any atom is 0.194 e. The number of imidazole rings is 1. The number of aldehydes is 1. The lowest BCUT2D eigenvalue weighted by molar-refractivity contribution is -0.0260. The fourth-order valence-corrected chi connectivity index (χ4v) is 4.21. The van der Waals surface area contributed by atoms with Crippen molar-refractivity contribution in [1.29, 1.82) is 0 Å². The summed E-state index contributed by atoms with van der Waals surface area (Å²) in [5.74, 6) is 0.370. The molecule has 0 atom stereocenters. The summed E-state index contributed by atoms with van der Waals surface area (Å²) in [5, 5.41) is 15.3. The Kier molecular flexibility index (Phi) is 5.53. The van der Waals surface area contributed by atoms with Gasteiger partial charge in [-0.15, -0.1) is 0 Å². The van der Waals surface area contributed by atoms with E-state index in [4.69, 9.17) is 0 Å². The molecule has 0 unspecified atom stereocenters. The van der Waals surface area contributed by atoms with Crippen LogP contribution in [-0.2, 0) is 6.42 Å². The zero-order valence-electron chi connectivity index (χ0n) is 17.4. The second kappa shape index (κ2) is 8.12. The van der Waals surface area contributed by atoms with Gasteiger partial charge in [-0.3, -0.25) is 9.59 Å². The predicted molar refractivity (Wildman–Crippen MR) is 114 cm³/mol. The van der Waals surface area contributed by atoms with Crippen LogP contribution in [0.15, 0.2) is 29.5 Å². The highest BCUT2D eigenvalue weighted by molar-refractivity contribution is 6.00. The molecular formula is C22H27N5O3. The third-order valence-corrected chi connectivity index (χ3v) is 6.02. The van der Waals surface area contributed by atoms with E-state index in [1.807, 2.05) is 30.1 Å². The van der Waals surface area contributed by atoms with Gasteiger partial charge in [0.1, 0.15) is 6.34 Å². The van der Waals surface area contributed by atoms with Crippen LogP contribution in [0.25, 0.3) is 11.3 Å². The monoisotopic (exact) mass is 409 g/mol. The maximum absolute atomic E-state index is 11.9. The van der Waals surface area contributed by atoms with Gasteiger partial charge < -0.3 is 14.9 Å². The van der Waals surface area contributed by atoms with Gasteiger partial charge in [-0.2, -0.15) is 5.10 Å². The maximum atomic E-state index is 11.9. The molecule has 2 aromatic rings. The highest BCUT2D eigenvalue weighted by Crippen LogP contribution is 2.28. The number of benzene rings is 1. The lowest BCUT2D eigenvalue weighted by atomic mass is 9.91. The molecule has 30 heavy (non-hydrogen) atoms. The highest BCUT2D eigenvalue weighted by Gasteiger charge is 2.32. The van der Waals surface area contributed by atoms with Gasteiger partial charge in [0.15, 0.2) is 17.9 Å². The Morgan fingerprint density at radius 2 is 2.07 bits per heavy atom. The van der Waals surface area contributed by atoms with Gasteiger partial charge in [0.2, 0.25) is 0 Å². The normalized spacial score (nSPS) is 18.7. The zero-order chi connectivity index (χ0) is 21.3. The first-order chi connectivity index (χ1) is 14.4. The third-order valence-electron chi connectivity index (χ3n) is 6.02.